The molecule has 1 amide bonds. The Kier molecular flexibility index (Phi) is 4.01. The average Bonchev–Trinajstić information content (AvgIpc) is 2.94. The molecule has 1 aliphatic rings. The van der Waals surface area contributed by atoms with Gasteiger partial charge in [0, 0.05) is 6.54 Å². The number of amides is 1. The van der Waals surface area contributed by atoms with Crippen molar-refractivity contribution in [3.63, 3.8) is 0 Å². The van der Waals surface area contributed by atoms with E-state index in [-0.39, 0.29) is 17.8 Å². The fourth-order valence-electron chi connectivity index (χ4n) is 2.81. The Labute approximate surface area is 127 Å². The van der Waals surface area contributed by atoms with Gasteiger partial charge in [-0.1, -0.05) is 12.1 Å². The summed E-state index contributed by atoms with van der Waals surface area (Å²) in [7, 11) is 0. The summed E-state index contributed by atoms with van der Waals surface area (Å²) < 4.78 is 13.1. The van der Waals surface area contributed by atoms with Crippen LogP contribution in [0.25, 0.3) is 0 Å². The van der Waals surface area contributed by atoms with Crippen molar-refractivity contribution in [3.05, 3.63) is 51.7 Å². The van der Waals surface area contributed by atoms with Crippen LogP contribution in [0.1, 0.15) is 45.5 Å². The lowest BCUT2D eigenvalue weighted by molar-refractivity contribution is 0.0616. The molecule has 1 aliphatic heterocycles. The van der Waals surface area contributed by atoms with Crippen molar-refractivity contribution < 1.29 is 9.18 Å². The van der Waals surface area contributed by atoms with Crippen molar-refractivity contribution in [2.24, 2.45) is 0 Å². The maximum atomic E-state index is 13.1. The third-order valence-corrected chi connectivity index (χ3v) is 4.75. The van der Waals surface area contributed by atoms with E-state index in [0.29, 0.717) is 4.88 Å². The topological polar surface area (TPSA) is 33.2 Å². The van der Waals surface area contributed by atoms with Crippen molar-refractivity contribution in [1.29, 1.82) is 0 Å². The maximum Gasteiger partial charge on any atom is 0.266 e. The third-order valence-electron chi connectivity index (χ3n) is 3.85. The fraction of sp³-hybridized carbons (Fsp3) is 0.375. The number of rotatable bonds is 2. The summed E-state index contributed by atoms with van der Waals surface area (Å²) in [5, 5.41) is 0.897. The lowest BCUT2D eigenvalue weighted by Crippen LogP contribution is -2.38. The number of benzene rings is 1. The molecule has 5 heteroatoms. The summed E-state index contributed by atoms with van der Waals surface area (Å²) in [6.07, 6.45) is 4.68. The molecule has 0 radical (unpaired) electrons. The predicted molar refractivity (Wildman–Crippen MR) is 80.9 cm³/mol. The van der Waals surface area contributed by atoms with E-state index in [1.807, 2.05) is 11.8 Å². The zero-order chi connectivity index (χ0) is 14.8. The molecule has 2 aromatic rings. The van der Waals surface area contributed by atoms with E-state index < -0.39 is 0 Å². The molecule has 0 saturated carbocycles. The zero-order valence-electron chi connectivity index (χ0n) is 11.9. The van der Waals surface area contributed by atoms with Gasteiger partial charge >= 0.3 is 0 Å². The van der Waals surface area contributed by atoms with Crippen LogP contribution in [0.3, 0.4) is 0 Å². The van der Waals surface area contributed by atoms with Crippen LogP contribution in [0.4, 0.5) is 4.39 Å². The molecule has 1 atom stereocenters. The smallest absolute Gasteiger partial charge is 0.266 e. The normalized spacial score (nSPS) is 18.8. The average molecular weight is 304 g/mol. The molecule has 110 valence electrons. The Hall–Kier alpha value is -1.75. The number of aromatic nitrogens is 1. The Morgan fingerprint density at radius 3 is 2.76 bits per heavy atom. The monoisotopic (exact) mass is 304 g/mol. The number of likely N-dealkylation sites (tertiary alicyclic amines) is 1. The van der Waals surface area contributed by atoms with E-state index in [1.54, 1.807) is 18.3 Å². The van der Waals surface area contributed by atoms with Gasteiger partial charge in [0.05, 0.1) is 17.2 Å². The molecule has 3 rings (SSSR count). The number of carbonyl (C=O) groups is 1. The summed E-state index contributed by atoms with van der Waals surface area (Å²) in [6.45, 7) is 2.65. The van der Waals surface area contributed by atoms with Crippen molar-refractivity contribution in [2.75, 3.05) is 6.54 Å². The Morgan fingerprint density at radius 2 is 2.10 bits per heavy atom. The Morgan fingerprint density at radius 1 is 1.33 bits per heavy atom. The highest BCUT2D eigenvalue weighted by Crippen LogP contribution is 2.32. The van der Waals surface area contributed by atoms with Crippen molar-refractivity contribution in [2.45, 2.75) is 32.2 Å². The molecule has 0 unspecified atom stereocenters. The maximum absolute atomic E-state index is 13.1. The van der Waals surface area contributed by atoms with Crippen LogP contribution >= 0.6 is 11.3 Å². The number of aryl methyl sites for hydroxylation is 1. The predicted octanol–water partition coefficient (Wildman–Crippen LogP) is 3.96. The van der Waals surface area contributed by atoms with E-state index in [2.05, 4.69) is 4.98 Å². The lowest BCUT2D eigenvalue weighted by Gasteiger charge is -2.35. The van der Waals surface area contributed by atoms with Gasteiger partial charge in [0.1, 0.15) is 10.7 Å². The highest BCUT2D eigenvalue weighted by molar-refractivity contribution is 7.13. The SMILES string of the molecule is Cc1ncc(C(=O)N2CCCC[C@@H]2c2ccc(F)cc2)s1. The van der Waals surface area contributed by atoms with Gasteiger partial charge in [-0.05, 0) is 43.9 Å². The van der Waals surface area contributed by atoms with Gasteiger partial charge in [-0.2, -0.15) is 0 Å². The van der Waals surface area contributed by atoms with Crippen LogP contribution in [-0.2, 0) is 0 Å². The van der Waals surface area contributed by atoms with Crippen LogP contribution in [0.5, 0.6) is 0 Å². The molecule has 1 aromatic heterocycles. The molecule has 0 spiro atoms. The highest BCUT2D eigenvalue weighted by atomic mass is 32.1. The number of hydrogen-bond donors (Lipinski definition) is 0. The number of nitrogens with zero attached hydrogens (tertiary/aromatic N) is 2. The third kappa shape index (κ3) is 2.97. The van der Waals surface area contributed by atoms with Crippen LogP contribution in [0, 0.1) is 12.7 Å². The van der Waals surface area contributed by atoms with Crippen LogP contribution < -0.4 is 0 Å². The number of carbonyl (C=O) groups excluding carboxylic acids is 1. The summed E-state index contributed by atoms with van der Waals surface area (Å²) in [6, 6.07) is 6.52. The minimum absolute atomic E-state index is 0.0363. The van der Waals surface area contributed by atoms with Crippen LogP contribution in [0.15, 0.2) is 30.5 Å². The molecule has 0 N–H and O–H groups in total. The quantitative estimate of drug-likeness (QED) is 0.841. The van der Waals surface area contributed by atoms with E-state index in [4.69, 9.17) is 0 Å². The van der Waals surface area contributed by atoms with Gasteiger partial charge in [0.25, 0.3) is 5.91 Å². The van der Waals surface area contributed by atoms with Gasteiger partial charge in [-0.15, -0.1) is 11.3 Å². The number of halogens is 1. The molecule has 1 aromatic carbocycles. The second kappa shape index (κ2) is 5.93. The van der Waals surface area contributed by atoms with E-state index in [1.165, 1.54) is 23.5 Å². The number of hydrogen-bond acceptors (Lipinski definition) is 3. The summed E-state index contributed by atoms with van der Waals surface area (Å²) >= 11 is 1.43. The first-order valence-corrected chi connectivity index (χ1v) is 7.95. The summed E-state index contributed by atoms with van der Waals surface area (Å²) in [5.74, 6) is -0.208. The molecular formula is C16H17FN2OS. The minimum Gasteiger partial charge on any atom is -0.331 e. The lowest BCUT2D eigenvalue weighted by atomic mass is 9.95. The summed E-state index contributed by atoms with van der Waals surface area (Å²) in [4.78, 5) is 19.4. The van der Waals surface area contributed by atoms with Gasteiger partial charge < -0.3 is 4.90 Å². The number of thiazole rings is 1. The molecule has 0 aliphatic carbocycles. The van der Waals surface area contributed by atoms with Gasteiger partial charge in [0.2, 0.25) is 0 Å². The molecule has 3 nitrogen and oxygen atoms in total. The van der Waals surface area contributed by atoms with Crippen LogP contribution in [0.2, 0.25) is 0 Å². The van der Waals surface area contributed by atoms with Crippen LogP contribution in [-0.4, -0.2) is 22.3 Å². The summed E-state index contributed by atoms with van der Waals surface area (Å²) in [5.41, 5.74) is 1.01. The second-order valence-corrected chi connectivity index (χ2v) is 6.54. The largest absolute Gasteiger partial charge is 0.331 e. The van der Waals surface area contributed by atoms with Crippen molar-refractivity contribution in [3.8, 4) is 0 Å². The fourth-order valence-corrected chi connectivity index (χ4v) is 3.54. The molecule has 0 bridgehead atoms. The molecular weight excluding hydrogens is 287 g/mol. The first-order valence-electron chi connectivity index (χ1n) is 7.14. The standard InChI is InChI=1S/C16H17FN2OS/c1-11-18-10-15(21-11)16(20)19-9-3-2-4-14(19)12-5-7-13(17)8-6-12/h5-8,10,14H,2-4,9H2,1H3/t14-/m1/s1. The number of piperidine rings is 1. The van der Waals surface area contributed by atoms with Gasteiger partial charge in [-0.3, -0.25) is 4.79 Å². The van der Waals surface area contributed by atoms with Gasteiger partial charge in [0.15, 0.2) is 0 Å². The van der Waals surface area contributed by atoms with Crippen molar-refractivity contribution >= 4 is 17.2 Å². The van der Waals surface area contributed by atoms with Crippen molar-refractivity contribution in [1.82, 2.24) is 9.88 Å². The van der Waals surface area contributed by atoms with E-state index in [9.17, 15) is 9.18 Å². The molecule has 21 heavy (non-hydrogen) atoms. The zero-order valence-corrected chi connectivity index (χ0v) is 12.7. The molecule has 1 saturated heterocycles. The van der Waals surface area contributed by atoms with E-state index in [0.717, 1.165) is 36.4 Å². The Balaban J connectivity index is 1.87. The Bertz CT molecular complexity index is 638. The molecule has 2 heterocycles. The first kappa shape index (κ1) is 14.2. The molecule has 1 fully saturated rings. The highest BCUT2D eigenvalue weighted by Gasteiger charge is 2.29. The first-order chi connectivity index (χ1) is 10.1. The van der Waals surface area contributed by atoms with Gasteiger partial charge in [-0.25, -0.2) is 9.37 Å². The minimum atomic E-state index is -0.245. The second-order valence-electron chi connectivity index (χ2n) is 5.31. The van der Waals surface area contributed by atoms with E-state index >= 15 is 0 Å².